The second kappa shape index (κ2) is 6.19. The summed E-state index contributed by atoms with van der Waals surface area (Å²) in [5.74, 6) is 0. The molecular formula is C13H16BrClO2. The molecule has 1 aliphatic rings. The molecule has 0 aliphatic carbocycles. The van der Waals surface area contributed by atoms with E-state index in [1.165, 1.54) is 0 Å². The summed E-state index contributed by atoms with van der Waals surface area (Å²) in [4.78, 5) is 0. The zero-order chi connectivity index (χ0) is 12.3. The van der Waals surface area contributed by atoms with E-state index in [2.05, 4.69) is 28.9 Å². The van der Waals surface area contributed by atoms with Crippen LogP contribution < -0.4 is 0 Å². The molecule has 1 aliphatic heterocycles. The highest BCUT2D eigenvalue weighted by molar-refractivity contribution is 9.10. The summed E-state index contributed by atoms with van der Waals surface area (Å²) in [5, 5.41) is 0.731. The Morgan fingerprint density at radius 3 is 3.00 bits per heavy atom. The summed E-state index contributed by atoms with van der Waals surface area (Å²) in [5.41, 5.74) is 1.13. The lowest BCUT2D eigenvalue weighted by Gasteiger charge is -2.19. The molecular weight excluding hydrogens is 303 g/mol. The molecule has 0 saturated carbocycles. The molecule has 1 heterocycles. The van der Waals surface area contributed by atoms with E-state index in [0.29, 0.717) is 12.7 Å². The highest BCUT2D eigenvalue weighted by atomic mass is 79.9. The van der Waals surface area contributed by atoms with Crippen molar-refractivity contribution in [3.8, 4) is 0 Å². The Bertz CT molecular complexity index is 380. The van der Waals surface area contributed by atoms with Crippen LogP contribution >= 0.6 is 27.5 Å². The zero-order valence-electron chi connectivity index (χ0n) is 9.79. The Kier molecular flexibility index (Phi) is 4.86. The number of hydrogen-bond acceptors (Lipinski definition) is 2. The van der Waals surface area contributed by atoms with Gasteiger partial charge in [-0.05, 0) is 34.0 Å². The summed E-state index contributed by atoms with van der Waals surface area (Å²) < 4.78 is 12.0. The van der Waals surface area contributed by atoms with Crippen LogP contribution in [0, 0.1) is 0 Å². The second-order valence-corrected chi connectivity index (χ2v) is 5.41. The van der Waals surface area contributed by atoms with Gasteiger partial charge in [0.15, 0.2) is 0 Å². The maximum atomic E-state index is 6.11. The van der Waals surface area contributed by atoms with E-state index in [1.807, 2.05) is 12.1 Å². The van der Waals surface area contributed by atoms with Crippen LogP contribution in [0.15, 0.2) is 22.7 Å². The van der Waals surface area contributed by atoms with Crippen molar-refractivity contribution in [2.45, 2.75) is 32.0 Å². The van der Waals surface area contributed by atoms with Gasteiger partial charge in [0.1, 0.15) is 6.10 Å². The maximum Gasteiger partial charge on any atom is 0.104 e. The van der Waals surface area contributed by atoms with E-state index in [9.17, 15) is 0 Å². The standard InChI is InChI=1S/C13H16BrClO2/c1-2-4-12(17-8-9-7-16-9)10-5-3-6-11(15)13(10)14/h3,5-6,9,12H,2,4,7-8H2,1H3/t9-,12-/m1/s1. The van der Waals surface area contributed by atoms with E-state index < -0.39 is 0 Å². The summed E-state index contributed by atoms with van der Waals surface area (Å²) in [7, 11) is 0. The van der Waals surface area contributed by atoms with Gasteiger partial charge in [-0.3, -0.25) is 0 Å². The summed E-state index contributed by atoms with van der Waals surface area (Å²) in [6.07, 6.45) is 2.46. The van der Waals surface area contributed by atoms with Crippen LogP contribution in [0.5, 0.6) is 0 Å². The third-order valence-electron chi connectivity index (χ3n) is 2.76. The lowest BCUT2D eigenvalue weighted by Crippen LogP contribution is -2.09. The van der Waals surface area contributed by atoms with Gasteiger partial charge >= 0.3 is 0 Å². The molecule has 94 valence electrons. The fraction of sp³-hybridized carbons (Fsp3) is 0.538. The monoisotopic (exact) mass is 318 g/mol. The third kappa shape index (κ3) is 3.68. The number of benzene rings is 1. The second-order valence-electron chi connectivity index (χ2n) is 4.21. The normalized spacial score (nSPS) is 20.3. The first-order valence-corrected chi connectivity index (χ1v) is 7.06. The van der Waals surface area contributed by atoms with Crippen molar-refractivity contribution in [1.29, 1.82) is 0 Å². The predicted molar refractivity (Wildman–Crippen MR) is 72.5 cm³/mol. The van der Waals surface area contributed by atoms with Crippen molar-refractivity contribution in [2.24, 2.45) is 0 Å². The van der Waals surface area contributed by atoms with Crippen molar-refractivity contribution >= 4 is 27.5 Å². The van der Waals surface area contributed by atoms with E-state index >= 15 is 0 Å². The Morgan fingerprint density at radius 1 is 1.59 bits per heavy atom. The zero-order valence-corrected chi connectivity index (χ0v) is 12.1. The van der Waals surface area contributed by atoms with Gasteiger partial charge in [0.25, 0.3) is 0 Å². The molecule has 2 rings (SSSR count). The van der Waals surface area contributed by atoms with Crippen LogP contribution in [0.25, 0.3) is 0 Å². The Balaban J connectivity index is 2.09. The summed E-state index contributed by atoms with van der Waals surface area (Å²) >= 11 is 9.64. The van der Waals surface area contributed by atoms with Crippen LogP contribution in [-0.4, -0.2) is 19.3 Å². The smallest absolute Gasteiger partial charge is 0.104 e. The van der Waals surface area contributed by atoms with Gasteiger partial charge in [-0.15, -0.1) is 0 Å². The fourth-order valence-corrected chi connectivity index (χ4v) is 2.45. The quantitative estimate of drug-likeness (QED) is 0.727. The van der Waals surface area contributed by atoms with Crippen LogP contribution in [0.4, 0.5) is 0 Å². The van der Waals surface area contributed by atoms with E-state index in [-0.39, 0.29) is 6.10 Å². The highest BCUT2D eigenvalue weighted by Gasteiger charge is 2.25. The van der Waals surface area contributed by atoms with E-state index in [0.717, 1.165) is 34.5 Å². The topological polar surface area (TPSA) is 21.8 Å². The molecule has 0 spiro atoms. The molecule has 1 aromatic carbocycles. The molecule has 0 aromatic heterocycles. The Hall–Kier alpha value is -0.0900. The lowest BCUT2D eigenvalue weighted by molar-refractivity contribution is 0.0354. The Morgan fingerprint density at radius 2 is 2.35 bits per heavy atom. The minimum absolute atomic E-state index is 0.0947. The first-order valence-electron chi connectivity index (χ1n) is 5.89. The lowest BCUT2D eigenvalue weighted by atomic mass is 10.1. The van der Waals surface area contributed by atoms with Gasteiger partial charge in [-0.2, -0.15) is 0 Å². The summed E-state index contributed by atoms with van der Waals surface area (Å²) in [6.45, 7) is 3.65. The molecule has 0 N–H and O–H groups in total. The Labute approximate surface area is 115 Å². The molecule has 4 heteroatoms. The minimum atomic E-state index is 0.0947. The maximum absolute atomic E-state index is 6.11. The van der Waals surface area contributed by atoms with Gasteiger partial charge < -0.3 is 9.47 Å². The van der Waals surface area contributed by atoms with Crippen molar-refractivity contribution in [3.05, 3.63) is 33.3 Å². The van der Waals surface area contributed by atoms with Crippen molar-refractivity contribution in [1.82, 2.24) is 0 Å². The predicted octanol–water partition coefficient (Wildman–Crippen LogP) is 4.36. The minimum Gasteiger partial charge on any atom is -0.371 e. The van der Waals surface area contributed by atoms with Crippen LogP contribution in [0.2, 0.25) is 5.02 Å². The number of hydrogen-bond donors (Lipinski definition) is 0. The van der Waals surface area contributed by atoms with Gasteiger partial charge in [-0.1, -0.05) is 37.1 Å². The van der Waals surface area contributed by atoms with Crippen LogP contribution in [0.1, 0.15) is 31.4 Å². The molecule has 0 radical (unpaired) electrons. The van der Waals surface area contributed by atoms with Crippen molar-refractivity contribution < 1.29 is 9.47 Å². The highest BCUT2D eigenvalue weighted by Crippen LogP contribution is 2.34. The molecule has 0 amide bonds. The SMILES string of the molecule is CCC[C@@H](OC[C@H]1CO1)c1cccc(Cl)c1Br. The van der Waals surface area contributed by atoms with Crippen molar-refractivity contribution in [3.63, 3.8) is 0 Å². The van der Waals surface area contributed by atoms with Crippen LogP contribution in [0.3, 0.4) is 0 Å². The third-order valence-corrected chi connectivity index (χ3v) is 4.19. The largest absolute Gasteiger partial charge is 0.371 e. The summed E-state index contributed by atoms with van der Waals surface area (Å²) in [6, 6.07) is 5.90. The van der Waals surface area contributed by atoms with Gasteiger partial charge in [0.2, 0.25) is 0 Å². The first kappa shape index (κ1) is 13.3. The molecule has 17 heavy (non-hydrogen) atoms. The molecule has 0 unspecified atom stereocenters. The van der Waals surface area contributed by atoms with E-state index in [1.54, 1.807) is 0 Å². The molecule has 2 nitrogen and oxygen atoms in total. The average molecular weight is 320 g/mol. The molecule has 1 saturated heterocycles. The fourth-order valence-electron chi connectivity index (χ4n) is 1.75. The number of ether oxygens (including phenoxy) is 2. The van der Waals surface area contributed by atoms with E-state index in [4.69, 9.17) is 21.1 Å². The van der Waals surface area contributed by atoms with Crippen LogP contribution in [-0.2, 0) is 9.47 Å². The number of halogens is 2. The average Bonchev–Trinajstić information content (AvgIpc) is 3.12. The first-order chi connectivity index (χ1) is 8.22. The number of rotatable bonds is 6. The molecule has 1 aromatic rings. The molecule has 0 bridgehead atoms. The van der Waals surface area contributed by atoms with Gasteiger partial charge in [-0.25, -0.2) is 0 Å². The molecule has 1 fully saturated rings. The van der Waals surface area contributed by atoms with Gasteiger partial charge in [0.05, 0.1) is 24.3 Å². The van der Waals surface area contributed by atoms with Gasteiger partial charge in [0, 0.05) is 4.47 Å². The molecule has 2 atom stereocenters. The van der Waals surface area contributed by atoms with Crippen molar-refractivity contribution in [2.75, 3.05) is 13.2 Å². The number of epoxide rings is 1.